The van der Waals surface area contributed by atoms with Crippen LogP contribution in [0.5, 0.6) is 5.75 Å². The van der Waals surface area contributed by atoms with Crippen molar-refractivity contribution in [1.82, 2.24) is 0 Å². The molecule has 0 radical (unpaired) electrons. The van der Waals surface area contributed by atoms with Gasteiger partial charge in [0.15, 0.2) is 0 Å². The molecule has 0 aromatic heterocycles. The summed E-state index contributed by atoms with van der Waals surface area (Å²) in [6.45, 7) is 3.13. The quantitative estimate of drug-likeness (QED) is 0.911. The fraction of sp³-hybridized carbons (Fsp3) is 0.647. The molecule has 2 N–H and O–H groups in total. The molecule has 21 heavy (non-hydrogen) atoms. The van der Waals surface area contributed by atoms with Crippen molar-refractivity contribution in [2.24, 2.45) is 5.73 Å². The molecule has 1 saturated heterocycles. The molecular formula is C17H25NOS2. The summed E-state index contributed by atoms with van der Waals surface area (Å²) in [4.78, 5) is 0. The van der Waals surface area contributed by atoms with Crippen molar-refractivity contribution >= 4 is 23.5 Å². The lowest BCUT2D eigenvalue weighted by Gasteiger charge is -2.36. The monoisotopic (exact) mass is 323 g/mol. The molecule has 1 aromatic rings. The van der Waals surface area contributed by atoms with Crippen LogP contribution in [0.4, 0.5) is 0 Å². The second kappa shape index (κ2) is 7.30. The van der Waals surface area contributed by atoms with E-state index in [1.165, 1.54) is 23.5 Å². The van der Waals surface area contributed by atoms with E-state index in [2.05, 4.69) is 54.7 Å². The maximum absolute atomic E-state index is 6.63. The standard InChI is InChI=1S/C17H25NOS2/c1-2-16-17(21-10-9-20-16)14(18)11-12-7-8-19-15-6-4-3-5-13(12)15/h3-6,12,14,16-17H,2,7-11,18H2,1H3. The Morgan fingerprint density at radius 2 is 2.10 bits per heavy atom. The van der Waals surface area contributed by atoms with Gasteiger partial charge in [0, 0.05) is 28.0 Å². The third-order valence-electron chi connectivity index (χ3n) is 4.56. The Morgan fingerprint density at radius 1 is 1.29 bits per heavy atom. The molecule has 2 nitrogen and oxygen atoms in total. The number of thioether (sulfide) groups is 2. The van der Waals surface area contributed by atoms with Gasteiger partial charge in [-0.15, -0.1) is 0 Å². The maximum Gasteiger partial charge on any atom is 0.122 e. The molecule has 3 rings (SSSR count). The van der Waals surface area contributed by atoms with E-state index in [1.807, 2.05) is 0 Å². The predicted molar refractivity (Wildman–Crippen MR) is 94.7 cm³/mol. The fourth-order valence-electron chi connectivity index (χ4n) is 3.46. The molecule has 0 saturated carbocycles. The smallest absolute Gasteiger partial charge is 0.122 e. The lowest BCUT2D eigenvalue weighted by molar-refractivity contribution is 0.258. The molecule has 116 valence electrons. The van der Waals surface area contributed by atoms with Crippen LogP contribution in [0, 0.1) is 0 Å². The number of fused-ring (bicyclic) bond motifs is 1. The summed E-state index contributed by atoms with van der Waals surface area (Å²) in [5, 5.41) is 1.34. The van der Waals surface area contributed by atoms with Crippen molar-refractivity contribution in [2.75, 3.05) is 18.1 Å². The van der Waals surface area contributed by atoms with Gasteiger partial charge in [-0.2, -0.15) is 23.5 Å². The first-order valence-electron chi connectivity index (χ1n) is 8.00. The Kier molecular flexibility index (Phi) is 5.41. The number of ether oxygens (including phenoxy) is 1. The van der Waals surface area contributed by atoms with Crippen molar-refractivity contribution in [2.45, 2.75) is 48.6 Å². The molecule has 2 aliphatic heterocycles. The molecular weight excluding hydrogens is 298 g/mol. The molecule has 4 atom stereocenters. The lowest BCUT2D eigenvalue weighted by Crippen LogP contribution is -2.42. The summed E-state index contributed by atoms with van der Waals surface area (Å²) < 4.78 is 5.77. The van der Waals surface area contributed by atoms with E-state index >= 15 is 0 Å². The second-order valence-corrected chi connectivity index (χ2v) is 8.56. The molecule has 4 heteroatoms. The molecule has 0 spiro atoms. The Bertz CT molecular complexity index is 468. The largest absolute Gasteiger partial charge is 0.493 e. The minimum absolute atomic E-state index is 0.295. The molecule has 4 unspecified atom stereocenters. The predicted octanol–water partition coefficient (Wildman–Crippen LogP) is 3.90. The fourth-order valence-corrected chi connectivity index (χ4v) is 6.67. The van der Waals surface area contributed by atoms with E-state index < -0.39 is 0 Å². The molecule has 0 bridgehead atoms. The van der Waals surface area contributed by atoms with Crippen LogP contribution < -0.4 is 10.5 Å². The summed E-state index contributed by atoms with van der Waals surface area (Å²) in [6, 6.07) is 8.77. The van der Waals surface area contributed by atoms with E-state index in [1.54, 1.807) is 0 Å². The zero-order valence-electron chi connectivity index (χ0n) is 12.7. The van der Waals surface area contributed by atoms with Gasteiger partial charge >= 0.3 is 0 Å². The number of benzene rings is 1. The maximum atomic E-state index is 6.63. The van der Waals surface area contributed by atoms with Crippen LogP contribution in [-0.4, -0.2) is 34.7 Å². The van der Waals surface area contributed by atoms with Crippen molar-refractivity contribution in [3.8, 4) is 5.75 Å². The summed E-state index contributed by atoms with van der Waals surface area (Å²) in [5.74, 6) is 4.17. The summed E-state index contributed by atoms with van der Waals surface area (Å²) >= 11 is 4.22. The average Bonchev–Trinajstić information content (AvgIpc) is 2.55. The van der Waals surface area contributed by atoms with E-state index in [9.17, 15) is 0 Å². The Balaban J connectivity index is 1.69. The second-order valence-electron chi connectivity index (χ2n) is 5.92. The number of para-hydroxylation sites is 1. The Labute approximate surface area is 136 Å². The number of hydrogen-bond acceptors (Lipinski definition) is 4. The van der Waals surface area contributed by atoms with E-state index in [4.69, 9.17) is 10.5 Å². The van der Waals surface area contributed by atoms with E-state index in [0.29, 0.717) is 17.2 Å². The molecule has 1 aromatic carbocycles. The third-order valence-corrected chi connectivity index (χ3v) is 7.98. The minimum Gasteiger partial charge on any atom is -0.493 e. The van der Waals surface area contributed by atoms with Gasteiger partial charge < -0.3 is 10.5 Å². The van der Waals surface area contributed by atoms with Crippen LogP contribution >= 0.6 is 23.5 Å². The SMILES string of the molecule is CCC1SCCSC1C(N)CC1CCOc2ccccc21. The van der Waals surface area contributed by atoms with Crippen molar-refractivity contribution < 1.29 is 4.74 Å². The highest BCUT2D eigenvalue weighted by Crippen LogP contribution is 2.40. The zero-order chi connectivity index (χ0) is 14.7. The number of nitrogens with two attached hydrogens (primary N) is 1. The highest BCUT2D eigenvalue weighted by molar-refractivity contribution is 8.07. The van der Waals surface area contributed by atoms with Gasteiger partial charge in [-0.25, -0.2) is 0 Å². The first-order valence-corrected chi connectivity index (χ1v) is 10.1. The first-order chi connectivity index (χ1) is 10.3. The van der Waals surface area contributed by atoms with Crippen molar-refractivity contribution in [3.63, 3.8) is 0 Å². The number of rotatable bonds is 4. The van der Waals surface area contributed by atoms with Gasteiger partial charge in [0.2, 0.25) is 0 Å². The highest BCUT2D eigenvalue weighted by atomic mass is 32.2. The van der Waals surface area contributed by atoms with Crippen LogP contribution in [0.15, 0.2) is 24.3 Å². The van der Waals surface area contributed by atoms with E-state index in [0.717, 1.165) is 30.4 Å². The molecule has 1 fully saturated rings. The third kappa shape index (κ3) is 3.54. The molecule has 2 heterocycles. The Morgan fingerprint density at radius 3 is 2.95 bits per heavy atom. The summed E-state index contributed by atoms with van der Waals surface area (Å²) in [6.07, 6.45) is 3.43. The van der Waals surface area contributed by atoms with Crippen LogP contribution in [-0.2, 0) is 0 Å². The summed E-state index contributed by atoms with van der Waals surface area (Å²) in [5.41, 5.74) is 7.99. The van der Waals surface area contributed by atoms with Gasteiger partial charge in [-0.05, 0) is 36.8 Å². The topological polar surface area (TPSA) is 35.2 Å². The highest BCUT2D eigenvalue weighted by Gasteiger charge is 2.32. The molecule has 0 aliphatic carbocycles. The van der Waals surface area contributed by atoms with Crippen LogP contribution in [0.25, 0.3) is 0 Å². The Hall–Kier alpha value is -0.320. The molecule has 0 amide bonds. The van der Waals surface area contributed by atoms with E-state index in [-0.39, 0.29) is 0 Å². The minimum atomic E-state index is 0.295. The van der Waals surface area contributed by atoms with Gasteiger partial charge in [0.25, 0.3) is 0 Å². The average molecular weight is 324 g/mol. The normalized spacial score (nSPS) is 30.3. The van der Waals surface area contributed by atoms with Crippen LogP contribution in [0.1, 0.15) is 37.7 Å². The van der Waals surface area contributed by atoms with Gasteiger partial charge in [-0.1, -0.05) is 25.1 Å². The summed E-state index contributed by atoms with van der Waals surface area (Å²) in [7, 11) is 0. The number of hydrogen-bond donors (Lipinski definition) is 1. The first kappa shape index (κ1) is 15.6. The van der Waals surface area contributed by atoms with Gasteiger partial charge in [0.1, 0.15) is 5.75 Å². The van der Waals surface area contributed by atoms with Gasteiger partial charge in [-0.3, -0.25) is 0 Å². The van der Waals surface area contributed by atoms with Crippen LogP contribution in [0.2, 0.25) is 0 Å². The lowest BCUT2D eigenvalue weighted by atomic mass is 9.86. The van der Waals surface area contributed by atoms with Gasteiger partial charge in [0.05, 0.1) is 6.61 Å². The molecule has 2 aliphatic rings. The van der Waals surface area contributed by atoms with Crippen LogP contribution in [0.3, 0.4) is 0 Å². The van der Waals surface area contributed by atoms with Crippen molar-refractivity contribution in [3.05, 3.63) is 29.8 Å². The zero-order valence-corrected chi connectivity index (χ0v) is 14.3. The van der Waals surface area contributed by atoms with Crippen molar-refractivity contribution in [1.29, 1.82) is 0 Å².